The Kier molecular flexibility index (Phi) is 17.4. The van der Waals surface area contributed by atoms with Crippen molar-refractivity contribution in [2.45, 2.75) is 116 Å². The van der Waals surface area contributed by atoms with Crippen molar-refractivity contribution in [1.29, 1.82) is 0 Å². The molecule has 0 bridgehead atoms. The Balaban J connectivity index is 1.31. The summed E-state index contributed by atoms with van der Waals surface area (Å²) in [6.07, 6.45) is 11.5. The molecule has 0 radical (unpaired) electrons. The number of halogens is 3. The minimum absolute atomic E-state index is 0.0620. The molecule has 8 heteroatoms. The molecule has 1 unspecified atom stereocenters. The fraction of sp³-hybridized carbons (Fsp3) is 0.538. The number of hydrogen-bond donors (Lipinski definition) is 0. The van der Waals surface area contributed by atoms with Gasteiger partial charge in [0.25, 0.3) is 0 Å². The molecule has 0 aliphatic heterocycles. The van der Waals surface area contributed by atoms with Crippen LogP contribution in [0.5, 0.6) is 5.75 Å². The van der Waals surface area contributed by atoms with Gasteiger partial charge in [-0.05, 0) is 68.5 Å². The lowest BCUT2D eigenvalue weighted by molar-refractivity contribution is -0.214. The normalized spacial score (nSPS) is 12.2. The molecular weight excluding hydrogens is 603 g/mol. The second-order valence-corrected chi connectivity index (χ2v) is 12.2. The number of benzene rings is 2. The summed E-state index contributed by atoms with van der Waals surface area (Å²) in [6, 6.07) is 19.3. The van der Waals surface area contributed by atoms with Gasteiger partial charge in [0.15, 0.2) is 6.10 Å². The number of rotatable bonds is 23. The molecule has 47 heavy (non-hydrogen) atoms. The number of pyridine rings is 1. The topological polar surface area (TPSA) is 57.7 Å². The minimum atomic E-state index is -4.33. The third kappa shape index (κ3) is 14.9. The van der Waals surface area contributed by atoms with Crippen LogP contribution in [0.2, 0.25) is 0 Å². The molecule has 0 aliphatic carbocycles. The monoisotopic (exact) mass is 655 g/mol. The maximum Gasteiger partial charge on any atom is 0.414 e. The van der Waals surface area contributed by atoms with Gasteiger partial charge < -0.3 is 14.2 Å². The van der Waals surface area contributed by atoms with E-state index < -0.39 is 18.2 Å². The SMILES string of the molecule is CCCCCCCCCCCCOc1ccc(-c2ccc(-c3ccc(C(=O)OCCCCCCOC(C)C(F)(F)F)cc3)nc2)cc1. The van der Waals surface area contributed by atoms with Crippen molar-refractivity contribution >= 4 is 5.97 Å². The Hall–Kier alpha value is -3.39. The van der Waals surface area contributed by atoms with E-state index >= 15 is 0 Å². The molecule has 0 fully saturated rings. The number of esters is 1. The molecule has 1 atom stereocenters. The van der Waals surface area contributed by atoms with E-state index in [-0.39, 0.29) is 13.2 Å². The number of aromatic nitrogens is 1. The van der Waals surface area contributed by atoms with Gasteiger partial charge in [-0.2, -0.15) is 13.2 Å². The highest BCUT2D eigenvalue weighted by Crippen LogP contribution is 2.26. The highest BCUT2D eigenvalue weighted by Gasteiger charge is 2.36. The first-order valence-corrected chi connectivity index (χ1v) is 17.4. The van der Waals surface area contributed by atoms with E-state index in [1.165, 1.54) is 57.8 Å². The first kappa shape index (κ1) is 38.1. The number of alkyl halides is 3. The van der Waals surface area contributed by atoms with Gasteiger partial charge in [0, 0.05) is 23.9 Å². The summed E-state index contributed by atoms with van der Waals surface area (Å²) >= 11 is 0. The average molecular weight is 656 g/mol. The van der Waals surface area contributed by atoms with Gasteiger partial charge in [-0.1, -0.05) is 101 Å². The summed E-state index contributed by atoms with van der Waals surface area (Å²) in [5, 5.41) is 0. The zero-order valence-electron chi connectivity index (χ0n) is 28.2. The average Bonchev–Trinajstić information content (AvgIpc) is 3.08. The van der Waals surface area contributed by atoms with Gasteiger partial charge in [-0.3, -0.25) is 4.98 Å². The van der Waals surface area contributed by atoms with Crippen molar-refractivity contribution in [3.05, 3.63) is 72.4 Å². The smallest absolute Gasteiger partial charge is 0.414 e. The Labute approximate surface area is 279 Å². The van der Waals surface area contributed by atoms with Crippen molar-refractivity contribution in [1.82, 2.24) is 4.98 Å². The third-order valence-corrected chi connectivity index (χ3v) is 8.23. The molecule has 258 valence electrons. The largest absolute Gasteiger partial charge is 0.494 e. The molecule has 1 heterocycles. The summed E-state index contributed by atoms with van der Waals surface area (Å²) < 4.78 is 53.4. The highest BCUT2D eigenvalue weighted by atomic mass is 19.4. The fourth-order valence-electron chi connectivity index (χ4n) is 5.20. The quantitative estimate of drug-likeness (QED) is 0.0751. The van der Waals surface area contributed by atoms with Crippen LogP contribution in [0.15, 0.2) is 66.9 Å². The second kappa shape index (κ2) is 21.5. The van der Waals surface area contributed by atoms with Gasteiger partial charge in [0.1, 0.15) is 5.75 Å². The molecule has 2 aromatic carbocycles. The zero-order valence-corrected chi connectivity index (χ0v) is 28.2. The van der Waals surface area contributed by atoms with E-state index in [2.05, 4.69) is 24.0 Å². The number of carbonyl (C=O) groups excluding carboxylic acids is 1. The van der Waals surface area contributed by atoms with Gasteiger partial charge >= 0.3 is 12.1 Å². The summed E-state index contributed by atoms with van der Waals surface area (Å²) in [4.78, 5) is 17.0. The van der Waals surface area contributed by atoms with Crippen LogP contribution in [0.25, 0.3) is 22.4 Å². The maximum atomic E-state index is 12.4. The number of unbranched alkanes of at least 4 members (excludes halogenated alkanes) is 12. The molecule has 1 aromatic heterocycles. The zero-order chi connectivity index (χ0) is 33.7. The maximum absolute atomic E-state index is 12.4. The van der Waals surface area contributed by atoms with Gasteiger partial charge in [-0.25, -0.2) is 4.79 Å². The van der Waals surface area contributed by atoms with E-state index in [9.17, 15) is 18.0 Å². The van der Waals surface area contributed by atoms with E-state index in [4.69, 9.17) is 14.2 Å². The summed E-state index contributed by atoms with van der Waals surface area (Å²) in [5.41, 5.74) is 4.23. The van der Waals surface area contributed by atoms with Crippen molar-refractivity contribution in [3.63, 3.8) is 0 Å². The van der Waals surface area contributed by atoms with E-state index in [1.54, 1.807) is 12.1 Å². The molecule has 0 aliphatic rings. The predicted octanol–water partition coefficient (Wildman–Crippen LogP) is 11.4. The van der Waals surface area contributed by atoms with E-state index in [0.717, 1.165) is 54.5 Å². The van der Waals surface area contributed by atoms with Crippen LogP contribution in [0.1, 0.15) is 114 Å². The molecule has 0 spiro atoms. The lowest BCUT2D eigenvalue weighted by Gasteiger charge is -2.16. The van der Waals surface area contributed by atoms with Crippen molar-refractivity contribution in [2.75, 3.05) is 19.8 Å². The lowest BCUT2D eigenvalue weighted by Crippen LogP contribution is -2.28. The van der Waals surface area contributed by atoms with Crippen molar-refractivity contribution in [3.8, 4) is 28.1 Å². The Morgan fingerprint density at radius 3 is 1.77 bits per heavy atom. The molecule has 0 saturated heterocycles. The molecule has 3 rings (SSSR count). The van der Waals surface area contributed by atoms with Crippen LogP contribution in [0.4, 0.5) is 13.2 Å². The van der Waals surface area contributed by atoms with Crippen LogP contribution in [-0.4, -0.2) is 43.1 Å². The van der Waals surface area contributed by atoms with Gasteiger partial charge in [0.2, 0.25) is 0 Å². The van der Waals surface area contributed by atoms with Crippen molar-refractivity contribution < 1.29 is 32.2 Å². The second-order valence-electron chi connectivity index (χ2n) is 12.2. The van der Waals surface area contributed by atoms with Crippen LogP contribution >= 0.6 is 0 Å². The minimum Gasteiger partial charge on any atom is -0.494 e. The molecular formula is C39H52F3NO4. The molecule has 3 aromatic rings. The lowest BCUT2D eigenvalue weighted by atomic mass is 10.0. The first-order valence-electron chi connectivity index (χ1n) is 17.4. The Bertz CT molecular complexity index is 1260. The molecule has 0 saturated carbocycles. The molecule has 0 amide bonds. The number of carbonyl (C=O) groups is 1. The Morgan fingerprint density at radius 1 is 0.660 bits per heavy atom. The first-order chi connectivity index (χ1) is 22.8. The summed E-state index contributed by atoms with van der Waals surface area (Å²) in [7, 11) is 0. The number of ether oxygens (including phenoxy) is 3. The van der Waals surface area contributed by atoms with Crippen LogP contribution in [0.3, 0.4) is 0 Å². The van der Waals surface area contributed by atoms with Crippen LogP contribution in [0, 0.1) is 0 Å². The molecule has 5 nitrogen and oxygen atoms in total. The Morgan fingerprint density at radius 2 is 1.19 bits per heavy atom. The summed E-state index contributed by atoms with van der Waals surface area (Å²) in [5.74, 6) is 0.481. The van der Waals surface area contributed by atoms with Gasteiger partial charge in [-0.15, -0.1) is 0 Å². The third-order valence-electron chi connectivity index (χ3n) is 8.23. The van der Waals surface area contributed by atoms with Crippen molar-refractivity contribution in [2.24, 2.45) is 0 Å². The van der Waals surface area contributed by atoms with Crippen LogP contribution < -0.4 is 4.74 Å². The standard InChI is InChI=1S/C39H52F3NO4/c1-3-4-5-6-7-8-9-10-11-15-28-46-36-24-21-32(22-25-36)35-23-26-37(43-30-35)33-17-19-34(20-18-33)38(44)47-29-16-13-12-14-27-45-31(2)39(40,41)42/h17-26,30-31H,3-16,27-29H2,1-2H3. The molecule has 0 N–H and O–H groups in total. The van der Waals surface area contributed by atoms with Crippen LogP contribution in [-0.2, 0) is 9.47 Å². The predicted molar refractivity (Wildman–Crippen MR) is 183 cm³/mol. The number of nitrogens with zero attached hydrogens (tertiary/aromatic N) is 1. The van der Waals surface area contributed by atoms with Gasteiger partial charge in [0.05, 0.1) is 24.5 Å². The summed E-state index contributed by atoms with van der Waals surface area (Å²) in [6.45, 7) is 4.34. The van der Waals surface area contributed by atoms with E-state index in [0.29, 0.717) is 24.8 Å². The highest BCUT2D eigenvalue weighted by molar-refractivity contribution is 5.90. The fourth-order valence-corrected chi connectivity index (χ4v) is 5.20. The number of hydrogen-bond acceptors (Lipinski definition) is 5. The van der Waals surface area contributed by atoms with E-state index in [1.807, 2.05) is 42.6 Å².